The van der Waals surface area contributed by atoms with E-state index in [-0.39, 0.29) is 0 Å². The fourth-order valence-corrected chi connectivity index (χ4v) is 1.98. The molecular weight excluding hydrogens is 162 g/mol. The number of phenolic OH excluding ortho intramolecular Hbond substituents is 1. The number of benzene rings is 1. The Morgan fingerprint density at radius 1 is 1.46 bits per heavy atom. The maximum absolute atomic E-state index is 9.59. The van der Waals surface area contributed by atoms with Gasteiger partial charge in [-0.3, -0.25) is 0 Å². The summed E-state index contributed by atoms with van der Waals surface area (Å²) in [6, 6.07) is 5.79. The van der Waals surface area contributed by atoms with Gasteiger partial charge in [0.2, 0.25) is 0 Å². The lowest BCUT2D eigenvalue weighted by molar-refractivity contribution is 0.470. The van der Waals surface area contributed by atoms with Gasteiger partial charge in [-0.1, -0.05) is 13.0 Å². The number of rotatable bonds is 2. The molecule has 0 atom stereocenters. The van der Waals surface area contributed by atoms with Gasteiger partial charge in [0.25, 0.3) is 0 Å². The number of aromatic hydroxyl groups is 1. The molecule has 2 heteroatoms. The monoisotopic (exact) mass is 177 g/mol. The van der Waals surface area contributed by atoms with Crippen molar-refractivity contribution in [3.63, 3.8) is 0 Å². The number of fused-ring (bicyclic) bond motifs is 1. The Morgan fingerprint density at radius 2 is 2.31 bits per heavy atom. The summed E-state index contributed by atoms with van der Waals surface area (Å²) in [6.07, 6.45) is 2.15. The Morgan fingerprint density at radius 3 is 3.08 bits per heavy atom. The summed E-state index contributed by atoms with van der Waals surface area (Å²) < 4.78 is 0. The molecular formula is C11H15NO. The number of nitrogens with zero attached hydrogens (tertiary/aromatic N) is 1. The Labute approximate surface area is 78.8 Å². The summed E-state index contributed by atoms with van der Waals surface area (Å²) in [7, 11) is 0. The third-order valence-corrected chi connectivity index (χ3v) is 2.59. The maximum Gasteiger partial charge on any atom is 0.120 e. The summed E-state index contributed by atoms with van der Waals surface area (Å²) in [4.78, 5) is 2.34. The predicted molar refractivity (Wildman–Crippen MR) is 54.3 cm³/mol. The first kappa shape index (κ1) is 8.42. The Kier molecular flexibility index (Phi) is 2.13. The SMILES string of the molecule is CCCN1CCc2c(O)cccc21. The third-order valence-electron chi connectivity index (χ3n) is 2.59. The quantitative estimate of drug-likeness (QED) is 0.748. The van der Waals surface area contributed by atoms with Crippen molar-refractivity contribution in [3.05, 3.63) is 23.8 Å². The fourth-order valence-electron chi connectivity index (χ4n) is 1.98. The molecule has 0 saturated heterocycles. The van der Waals surface area contributed by atoms with E-state index in [4.69, 9.17) is 0 Å². The molecule has 1 aliphatic heterocycles. The predicted octanol–water partition coefficient (Wildman–Crippen LogP) is 2.16. The first-order valence-electron chi connectivity index (χ1n) is 4.88. The van der Waals surface area contributed by atoms with Crippen molar-refractivity contribution in [2.45, 2.75) is 19.8 Å². The topological polar surface area (TPSA) is 23.5 Å². The molecule has 13 heavy (non-hydrogen) atoms. The molecule has 0 bridgehead atoms. The average molecular weight is 177 g/mol. The zero-order chi connectivity index (χ0) is 9.26. The van der Waals surface area contributed by atoms with Crippen LogP contribution in [0.2, 0.25) is 0 Å². The van der Waals surface area contributed by atoms with E-state index in [2.05, 4.69) is 17.9 Å². The lowest BCUT2D eigenvalue weighted by Crippen LogP contribution is -2.20. The van der Waals surface area contributed by atoms with Crippen LogP contribution in [-0.4, -0.2) is 18.2 Å². The summed E-state index contributed by atoms with van der Waals surface area (Å²) in [5.74, 6) is 0.455. The molecule has 0 fully saturated rings. The van der Waals surface area contributed by atoms with Gasteiger partial charge in [0, 0.05) is 24.3 Å². The highest BCUT2D eigenvalue weighted by atomic mass is 16.3. The van der Waals surface area contributed by atoms with Gasteiger partial charge in [-0.05, 0) is 25.0 Å². The molecule has 0 unspecified atom stereocenters. The first-order chi connectivity index (χ1) is 6.33. The molecule has 1 N–H and O–H groups in total. The van der Waals surface area contributed by atoms with Gasteiger partial charge < -0.3 is 10.0 Å². The van der Waals surface area contributed by atoms with E-state index in [1.807, 2.05) is 6.07 Å². The van der Waals surface area contributed by atoms with Crippen molar-refractivity contribution in [1.29, 1.82) is 0 Å². The average Bonchev–Trinajstić information content (AvgIpc) is 2.51. The zero-order valence-electron chi connectivity index (χ0n) is 7.95. The molecule has 1 aromatic rings. The summed E-state index contributed by atoms with van der Waals surface area (Å²) in [5, 5.41) is 9.59. The fraction of sp³-hybridized carbons (Fsp3) is 0.455. The van der Waals surface area contributed by atoms with Crippen molar-refractivity contribution in [1.82, 2.24) is 0 Å². The van der Waals surface area contributed by atoms with Crippen LogP contribution in [0.3, 0.4) is 0 Å². The molecule has 0 saturated carbocycles. The molecule has 2 nitrogen and oxygen atoms in total. The van der Waals surface area contributed by atoms with Crippen LogP contribution in [0.5, 0.6) is 5.75 Å². The van der Waals surface area contributed by atoms with E-state index in [0.29, 0.717) is 5.75 Å². The van der Waals surface area contributed by atoms with E-state index < -0.39 is 0 Å². The third kappa shape index (κ3) is 1.37. The van der Waals surface area contributed by atoms with E-state index in [9.17, 15) is 5.11 Å². The summed E-state index contributed by atoms with van der Waals surface area (Å²) >= 11 is 0. The van der Waals surface area contributed by atoms with E-state index in [1.54, 1.807) is 6.07 Å². The van der Waals surface area contributed by atoms with Gasteiger partial charge in [-0.25, -0.2) is 0 Å². The number of phenols is 1. The molecule has 0 radical (unpaired) electrons. The van der Waals surface area contributed by atoms with Crippen molar-refractivity contribution < 1.29 is 5.11 Å². The second-order valence-corrected chi connectivity index (χ2v) is 3.51. The normalized spacial score (nSPS) is 14.7. The van der Waals surface area contributed by atoms with Crippen LogP contribution in [0.15, 0.2) is 18.2 Å². The number of hydrogen-bond acceptors (Lipinski definition) is 2. The van der Waals surface area contributed by atoms with E-state index >= 15 is 0 Å². The molecule has 2 rings (SSSR count). The highest BCUT2D eigenvalue weighted by Gasteiger charge is 2.20. The maximum atomic E-state index is 9.59. The first-order valence-corrected chi connectivity index (χ1v) is 4.88. The van der Waals surface area contributed by atoms with Gasteiger partial charge in [-0.2, -0.15) is 0 Å². The van der Waals surface area contributed by atoms with Gasteiger partial charge >= 0.3 is 0 Å². The van der Waals surface area contributed by atoms with Gasteiger partial charge in [0.15, 0.2) is 0 Å². The molecule has 70 valence electrons. The van der Waals surface area contributed by atoms with Crippen LogP contribution < -0.4 is 4.90 Å². The van der Waals surface area contributed by atoms with Crippen LogP contribution in [0, 0.1) is 0 Å². The molecule has 1 heterocycles. The molecule has 0 amide bonds. The van der Waals surface area contributed by atoms with Crippen molar-refractivity contribution in [2.24, 2.45) is 0 Å². The van der Waals surface area contributed by atoms with Gasteiger partial charge in [0.1, 0.15) is 5.75 Å². The van der Waals surface area contributed by atoms with Crippen LogP contribution in [0.25, 0.3) is 0 Å². The second kappa shape index (κ2) is 3.29. The standard InChI is InChI=1S/C11H15NO/c1-2-7-12-8-6-9-10(12)4-3-5-11(9)13/h3-5,13H,2,6-8H2,1H3. The van der Waals surface area contributed by atoms with Crippen LogP contribution >= 0.6 is 0 Å². The van der Waals surface area contributed by atoms with Gasteiger partial charge in [0.05, 0.1) is 0 Å². The highest BCUT2D eigenvalue weighted by molar-refractivity contribution is 5.62. The lowest BCUT2D eigenvalue weighted by atomic mass is 10.1. The Hall–Kier alpha value is -1.18. The molecule has 0 spiro atoms. The van der Waals surface area contributed by atoms with Crippen molar-refractivity contribution >= 4 is 5.69 Å². The zero-order valence-corrected chi connectivity index (χ0v) is 7.95. The number of hydrogen-bond donors (Lipinski definition) is 1. The molecule has 1 aromatic carbocycles. The van der Waals surface area contributed by atoms with Gasteiger partial charge in [-0.15, -0.1) is 0 Å². The van der Waals surface area contributed by atoms with E-state index in [1.165, 1.54) is 5.69 Å². The highest BCUT2D eigenvalue weighted by Crippen LogP contribution is 2.33. The lowest BCUT2D eigenvalue weighted by Gasteiger charge is -2.17. The minimum atomic E-state index is 0.455. The molecule has 0 aliphatic carbocycles. The number of anilines is 1. The van der Waals surface area contributed by atoms with Crippen molar-refractivity contribution in [2.75, 3.05) is 18.0 Å². The summed E-state index contributed by atoms with van der Waals surface area (Å²) in [6.45, 7) is 4.33. The second-order valence-electron chi connectivity index (χ2n) is 3.51. The molecule has 0 aromatic heterocycles. The smallest absolute Gasteiger partial charge is 0.120 e. The van der Waals surface area contributed by atoms with Crippen LogP contribution in [0.4, 0.5) is 5.69 Å². The molecule has 1 aliphatic rings. The van der Waals surface area contributed by atoms with Crippen molar-refractivity contribution in [3.8, 4) is 5.75 Å². The van der Waals surface area contributed by atoms with Crippen LogP contribution in [-0.2, 0) is 6.42 Å². The van der Waals surface area contributed by atoms with E-state index in [0.717, 1.165) is 31.5 Å². The minimum Gasteiger partial charge on any atom is -0.508 e. The largest absolute Gasteiger partial charge is 0.508 e. The van der Waals surface area contributed by atoms with Crippen LogP contribution in [0.1, 0.15) is 18.9 Å². The minimum absolute atomic E-state index is 0.455. The Bertz CT molecular complexity index is 309. The Balaban J connectivity index is 2.32. The summed E-state index contributed by atoms with van der Waals surface area (Å²) in [5.41, 5.74) is 2.35.